The van der Waals surface area contributed by atoms with Crippen LogP contribution in [0.4, 0.5) is 26.3 Å². The lowest BCUT2D eigenvalue weighted by molar-refractivity contribution is -0.193. The van der Waals surface area contributed by atoms with Crippen molar-refractivity contribution >= 4 is 17.8 Å². The summed E-state index contributed by atoms with van der Waals surface area (Å²) in [7, 11) is 7.15. The first-order valence-corrected chi connectivity index (χ1v) is 10.4. The molecule has 1 atom stereocenters. The summed E-state index contributed by atoms with van der Waals surface area (Å²) in [5.74, 6) is -5.00. The number of ether oxygens (including phenoxy) is 1. The van der Waals surface area contributed by atoms with E-state index >= 15 is 0 Å². The van der Waals surface area contributed by atoms with E-state index in [1.807, 2.05) is 23.7 Å². The predicted octanol–water partition coefficient (Wildman–Crippen LogP) is 2.28. The van der Waals surface area contributed by atoms with Crippen LogP contribution in [0.3, 0.4) is 0 Å². The normalized spacial score (nSPS) is 15.2. The standard InChI is InChI=1S/C17H23N5O2.2C2HF3O2/c1-20(2)17(23)13-9-22(10-14-15(13)21(3)11-19-14)8-12-6-5-7-18-16(12)24-4;2*3-2(4,5)1(6)7/h5-7,11,13H,8-10H2,1-4H3;2*(H,6,7). The zero-order valence-electron chi connectivity index (χ0n) is 20.5. The van der Waals surface area contributed by atoms with Crippen molar-refractivity contribution in [3.8, 4) is 5.88 Å². The van der Waals surface area contributed by atoms with Crippen LogP contribution in [0.2, 0.25) is 0 Å². The van der Waals surface area contributed by atoms with Gasteiger partial charge in [0.1, 0.15) is 0 Å². The Balaban J connectivity index is 0.000000426. The number of alkyl halides is 6. The van der Waals surface area contributed by atoms with E-state index < -0.39 is 24.3 Å². The number of aryl methyl sites for hydroxylation is 1. The molecule has 0 saturated heterocycles. The van der Waals surface area contributed by atoms with Gasteiger partial charge >= 0.3 is 24.3 Å². The van der Waals surface area contributed by atoms with Gasteiger partial charge in [-0.05, 0) is 6.07 Å². The molecule has 0 aromatic carbocycles. The molecule has 3 heterocycles. The van der Waals surface area contributed by atoms with E-state index in [9.17, 15) is 31.1 Å². The number of fused-ring (bicyclic) bond motifs is 1. The maximum absolute atomic E-state index is 12.7. The number of rotatable bonds is 4. The van der Waals surface area contributed by atoms with E-state index in [1.54, 1.807) is 38.6 Å². The van der Waals surface area contributed by atoms with Gasteiger partial charge in [-0.3, -0.25) is 9.69 Å². The Kier molecular flexibility index (Phi) is 11.1. The molecular weight excluding hydrogens is 532 g/mol. The zero-order valence-corrected chi connectivity index (χ0v) is 20.5. The van der Waals surface area contributed by atoms with Crippen molar-refractivity contribution in [2.75, 3.05) is 27.7 Å². The second-order valence-electron chi connectivity index (χ2n) is 7.92. The fraction of sp³-hybridized carbons (Fsp3) is 0.476. The molecule has 38 heavy (non-hydrogen) atoms. The summed E-state index contributed by atoms with van der Waals surface area (Å²) in [6.07, 6.45) is -6.66. The number of hydrogen-bond acceptors (Lipinski definition) is 7. The van der Waals surface area contributed by atoms with Gasteiger partial charge in [0.2, 0.25) is 11.8 Å². The van der Waals surface area contributed by atoms with Gasteiger partial charge in [0.05, 0.1) is 30.7 Å². The molecule has 2 aromatic heterocycles. The van der Waals surface area contributed by atoms with Gasteiger partial charge in [0, 0.05) is 52.5 Å². The molecule has 2 N–H and O–H groups in total. The number of aromatic nitrogens is 3. The number of pyridine rings is 1. The van der Waals surface area contributed by atoms with E-state index in [-0.39, 0.29) is 11.8 Å². The van der Waals surface area contributed by atoms with Gasteiger partial charge in [-0.2, -0.15) is 26.3 Å². The van der Waals surface area contributed by atoms with Crippen LogP contribution in [0.15, 0.2) is 24.7 Å². The number of hydrogen-bond donors (Lipinski definition) is 2. The van der Waals surface area contributed by atoms with E-state index in [4.69, 9.17) is 24.5 Å². The molecule has 17 heteroatoms. The highest BCUT2D eigenvalue weighted by Gasteiger charge is 2.39. The number of nitrogens with zero attached hydrogens (tertiary/aromatic N) is 5. The van der Waals surface area contributed by atoms with Crippen LogP contribution in [-0.2, 0) is 34.5 Å². The summed E-state index contributed by atoms with van der Waals surface area (Å²) in [5, 5.41) is 14.2. The second-order valence-corrected chi connectivity index (χ2v) is 7.92. The highest BCUT2D eigenvalue weighted by molar-refractivity contribution is 5.83. The van der Waals surface area contributed by atoms with Gasteiger partial charge in [-0.25, -0.2) is 19.6 Å². The van der Waals surface area contributed by atoms with E-state index in [0.717, 1.165) is 17.0 Å². The molecule has 1 amide bonds. The second kappa shape index (κ2) is 13.1. The van der Waals surface area contributed by atoms with Crippen LogP contribution in [-0.4, -0.2) is 92.5 Å². The molecule has 11 nitrogen and oxygen atoms in total. The zero-order chi connectivity index (χ0) is 29.4. The fourth-order valence-electron chi connectivity index (χ4n) is 3.27. The van der Waals surface area contributed by atoms with E-state index in [0.29, 0.717) is 25.5 Å². The van der Waals surface area contributed by atoms with Gasteiger partial charge < -0.3 is 24.4 Å². The Morgan fingerprint density at radius 3 is 2.05 bits per heavy atom. The predicted molar refractivity (Wildman–Crippen MR) is 117 cm³/mol. The van der Waals surface area contributed by atoms with Crippen molar-refractivity contribution < 1.29 is 55.7 Å². The number of carbonyl (C=O) groups excluding carboxylic acids is 1. The number of aliphatic carboxylic acids is 2. The van der Waals surface area contributed by atoms with Crippen LogP contribution < -0.4 is 4.74 Å². The molecule has 2 aromatic rings. The molecule has 1 unspecified atom stereocenters. The van der Waals surface area contributed by atoms with Crippen LogP contribution in [0.25, 0.3) is 0 Å². The highest BCUT2D eigenvalue weighted by atomic mass is 19.4. The number of methoxy groups -OCH3 is 1. The minimum absolute atomic E-state index is 0.0997. The molecule has 0 fully saturated rings. The Bertz CT molecular complexity index is 1090. The van der Waals surface area contributed by atoms with Crippen LogP contribution >= 0.6 is 0 Å². The van der Waals surface area contributed by atoms with Crippen molar-refractivity contribution in [1.29, 1.82) is 0 Å². The molecule has 1 aliphatic rings. The minimum Gasteiger partial charge on any atom is -0.481 e. The van der Waals surface area contributed by atoms with E-state index in [2.05, 4.69) is 14.9 Å². The first-order chi connectivity index (χ1) is 17.4. The molecule has 212 valence electrons. The van der Waals surface area contributed by atoms with E-state index in [1.165, 1.54) is 0 Å². The quantitative estimate of drug-likeness (QED) is 0.543. The Morgan fingerprint density at radius 1 is 1.08 bits per heavy atom. The molecule has 3 rings (SSSR count). The third-order valence-electron chi connectivity index (χ3n) is 4.87. The lowest BCUT2D eigenvalue weighted by Crippen LogP contribution is -2.41. The molecule has 0 bridgehead atoms. The Labute approximate surface area is 212 Å². The largest absolute Gasteiger partial charge is 0.490 e. The number of carbonyl (C=O) groups is 3. The first kappa shape index (κ1) is 32.1. The van der Waals surface area contributed by atoms with Crippen molar-refractivity contribution in [3.05, 3.63) is 41.6 Å². The smallest absolute Gasteiger partial charge is 0.481 e. The molecule has 0 spiro atoms. The van der Waals surface area contributed by atoms with Crippen LogP contribution in [0.1, 0.15) is 22.9 Å². The summed E-state index contributed by atoms with van der Waals surface area (Å²) in [6.45, 7) is 2.04. The summed E-state index contributed by atoms with van der Waals surface area (Å²) < 4.78 is 70.8. The average Bonchev–Trinajstić information content (AvgIpc) is 3.18. The van der Waals surface area contributed by atoms with Gasteiger partial charge in [0.25, 0.3) is 0 Å². The topological polar surface area (TPSA) is 138 Å². The molecule has 0 radical (unpaired) electrons. The maximum Gasteiger partial charge on any atom is 0.490 e. The molecule has 0 aliphatic carbocycles. The maximum atomic E-state index is 12.7. The number of likely N-dealkylation sites (N-methyl/N-ethyl adjacent to an activating group) is 1. The van der Waals surface area contributed by atoms with Crippen molar-refractivity contribution in [2.24, 2.45) is 7.05 Å². The third-order valence-corrected chi connectivity index (χ3v) is 4.87. The highest BCUT2D eigenvalue weighted by Crippen LogP contribution is 2.30. The van der Waals surface area contributed by atoms with Crippen molar-refractivity contribution in [2.45, 2.75) is 31.4 Å². The van der Waals surface area contributed by atoms with Crippen molar-refractivity contribution in [3.63, 3.8) is 0 Å². The van der Waals surface area contributed by atoms with Gasteiger partial charge in [-0.1, -0.05) is 6.07 Å². The van der Waals surface area contributed by atoms with Crippen molar-refractivity contribution in [1.82, 2.24) is 24.3 Å². The number of carboxylic acid groups (broad SMARTS) is 2. The van der Waals surface area contributed by atoms with Gasteiger partial charge in [0.15, 0.2) is 0 Å². The SMILES string of the molecule is COc1ncccc1CN1Cc2ncn(C)c2C(C(=O)N(C)C)C1.O=C(O)C(F)(F)F.O=C(O)C(F)(F)F. The van der Waals surface area contributed by atoms with Crippen LogP contribution in [0, 0.1) is 0 Å². The first-order valence-electron chi connectivity index (χ1n) is 10.4. The molecule has 1 aliphatic heterocycles. The minimum atomic E-state index is -5.08. The fourth-order valence-corrected chi connectivity index (χ4v) is 3.27. The summed E-state index contributed by atoms with van der Waals surface area (Å²) in [4.78, 5) is 43.1. The number of carboxylic acids is 2. The monoisotopic (exact) mass is 557 g/mol. The number of halogens is 6. The number of imidazole rings is 1. The lowest BCUT2D eigenvalue weighted by atomic mass is 9.96. The lowest BCUT2D eigenvalue weighted by Gasteiger charge is -2.33. The Hall–Kier alpha value is -3.89. The van der Waals surface area contributed by atoms with Crippen LogP contribution in [0.5, 0.6) is 5.88 Å². The Morgan fingerprint density at radius 2 is 1.61 bits per heavy atom. The molecule has 0 saturated carbocycles. The third kappa shape index (κ3) is 9.20. The summed E-state index contributed by atoms with van der Waals surface area (Å²) in [6, 6.07) is 3.90. The summed E-state index contributed by atoms with van der Waals surface area (Å²) in [5.41, 5.74) is 2.99. The summed E-state index contributed by atoms with van der Waals surface area (Å²) >= 11 is 0. The van der Waals surface area contributed by atoms with Gasteiger partial charge in [-0.15, -0.1) is 0 Å². The number of amides is 1. The average molecular weight is 557 g/mol. The molecular formula is C21H25F6N5O6.